The van der Waals surface area contributed by atoms with Gasteiger partial charge in [0.2, 0.25) is 0 Å². The van der Waals surface area contributed by atoms with E-state index in [-0.39, 0.29) is 11.9 Å². The molecule has 0 aliphatic carbocycles. The van der Waals surface area contributed by atoms with E-state index in [0.29, 0.717) is 11.6 Å². The van der Waals surface area contributed by atoms with Gasteiger partial charge in [-0.2, -0.15) is 10.2 Å². The maximum atomic E-state index is 12.2. The van der Waals surface area contributed by atoms with Gasteiger partial charge in [0.1, 0.15) is 5.69 Å². The SMILES string of the molecule is Cc1nn(C)c(C)c1-c1cc(C(=O)NC(C)C(C)C)[nH]n1. The Kier molecular flexibility index (Phi) is 4.16. The molecule has 0 saturated heterocycles. The normalized spacial score (nSPS) is 12.7. The topological polar surface area (TPSA) is 75.6 Å². The fraction of sp³-hybridized carbons (Fsp3) is 0.533. The van der Waals surface area contributed by atoms with Crippen molar-refractivity contribution in [3.8, 4) is 11.3 Å². The van der Waals surface area contributed by atoms with Crippen LogP contribution in [0.15, 0.2) is 6.07 Å². The predicted molar refractivity (Wildman–Crippen MR) is 82.0 cm³/mol. The summed E-state index contributed by atoms with van der Waals surface area (Å²) in [6, 6.07) is 1.89. The van der Waals surface area contributed by atoms with E-state index in [0.717, 1.165) is 22.6 Å². The smallest absolute Gasteiger partial charge is 0.269 e. The monoisotopic (exact) mass is 289 g/mol. The van der Waals surface area contributed by atoms with Gasteiger partial charge in [0.05, 0.1) is 11.4 Å². The van der Waals surface area contributed by atoms with Crippen molar-refractivity contribution in [3.05, 3.63) is 23.1 Å². The summed E-state index contributed by atoms with van der Waals surface area (Å²) < 4.78 is 1.82. The van der Waals surface area contributed by atoms with Crippen molar-refractivity contribution in [2.75, 3.05) is 0 Å². The summed E-state index contributed by atoms with van der Waals surface area (Å²) in [7, 11) is 1.90. The predicted octanol–water partition coefficient (Wildman–Crippen LogP) is 2.20. The molecule has 1 unspecified atom stereocenters. The van der Waals surface area contributed by atoms with Gasteiger partial charge in [-0.25, -0.2) is 0 Å². The molecule has 2 rings (SSSR count). The van der Waals surface area contributed by atoms with E-state index in [1.165, 1.54) is 0 Å². The van der Waals surface area contributed by atoms with Gasteiger partial charge < -0.3 is 5.32 Å². The van der Waals surface area contributed by atoms with Crippen molar-refractivity contribution >= 4 is 5.91 Å². The van der Waals surface area contributed by atoms with E-state index in [1.807, 2.05) is 32.5 Å². The van der Waals surface area contributed by atoms with E-state index < -0.39 is 0 Å². The summed E-state index contributed by atoms with van der Waals surface area (Å²) in [5, 5.41) is 14.4. The van der Waals surface area contributed by atoms with Crippen LogP contribution >= 0.6 is 0 Å². The first-order valence-corrected chi connectivity index (χ1v) is 7.18. The number of aromatic nitrogens is 4. The summed E-state index contributed by atoms with van der Waals surface area (Å²) in [4.78, 5) is 12.2. The molecule has 2 aromatic rings. The second kappa shape index (κ2) is 5.71. The molecule has 2 N–H and O–H groups in total. The Labute approximate surface area is 124 Å². The molecule has 2 aromatic heterocycles. The number of nitrogens with zero attached hydrogens (tertiary/aromatic N) is 3. The molecule has 0 spiro atoms. The Morgan fingerprint density at radius 1 is 1.33 bits per heavy atom. The number of aromatic amines is 1. The van der Waals surface area contributed by atoms with Crippen molar-refractivity contribution < 1.29 is 4.79 Å². The zero-order valence-corrected chi connectivity index (χ0v) is 13.5. The Morgan fingerprint density at radius 2 is 2.00 bits per heavy atom. The van der Waals surface area contributed by atoms with Crippen LogP contribution in [0.2, 0.25) is 0 Å². The van der Waals surface area contributed by atoms with E-state index in [1.54, 1.807) is 6.07 Å². The molecule has 0 aromatic carbocycles. The van der Waals surface area contributed by atoms with Crippen molar-refractivity contribution in [3.63, 3.8) is 0 Å². The molecule has 0 radical (unpaired) electrons. The maximum absolute atomic E-state index is 12.2. The molecular weight excluding hydrogens is 266 g/mol. The number of carbonyl (C=O) groups is 1. The fourth-order valence-corrected chi connectivity index (χ4v) is 2.16. The Morgan fingerprint density at radius 3 is 2.52 bits per heavy atom. The van der Waals surface area contributed by atoms with Crippen molar-refractivity contribution in [2.24, 2.45) is 13.0 Å². The minimum atomic E-state index is -0.130. The average Bonchev–Trinajstić information content (AvgIpc) is 2.95. The molecular formula is C15H23N5O. The Balaban J connectivity index is 2.24. The molecule has 6 nitrogen and oxygen atoms in total. The van der Waals surface area contributed by atoms with Crippen LogP contribution in [-0.2, 0) is 7.05 Å². The molecule has 21 heavy (non-hydrogen) atoms. The second-order valence-electron chi connectivity index (χ2n) is 5.84. The quantitative estimate of drug-likeness (QED) is 0.906. The van der Waals surface area contributed by atoms with Crippen molar-refractivity contribution in [1.82, 2.24) is 25.3 Å². The lowest BCUT2D eigenvalue weighted by Crippen LogP contribution is -2.36. The van der Waals surface area contributed by atoms with Gasteiger partial charge in [-0.3, -0.25) is 14.6 Å². The summed E-state index contributed by atoms with van der Waals surface area (Å²) in [5.41, 5.74) is 4.14. The molecule has 1 amide bonds. The molecule has 0 aliphatic heterocycles. The number of carbonyl (C=O) groups excluding carboxylic acids is 1. The van der Waals surface area contributed by atoms with Crippen LogP contribution in [0.25, 0.3) is 11.3 Å². The lowest BCUT2D eigenvalue weighted by atomic mass is 10.1. The van der Waals surface area contributed by atoms with Crippen LogP contribution in [0.4, 0.5) is 0 Å². The van der Waals surface area contributed by atoms with Crippen molar-refractivity contribution in [1.29, 1.82) is 0 Å². The summed E-state index contributed by atoms with van der Waals surface area (Å²) in [6.07, 6.45) is 0. The maximum Gasteiger partial charge on any atom is 0.269 e. The van der Waals surface area contributed by atoms with Crippen molar-refractivity contribution in [2.45, 2.75) is 40.7 Å². The first kappa shape index (κ1) is 15.3. The highest BCUT2D eigenvalue weighted by Crippen LogP contribution is 2.25. The van der Waals surface area contributed by atoms with Crippen LogP contribution in [0, 0.1) is 19.8 Å². The molecule has 114 valence electrons. The third-order valence-electron chi connectivity index (χ3n) is 3.95. The zero-order chi connectivity index (χ0) is 15.7. The molecule has 1 atom stereocenters. The fourth-order valence-electron chi connectivity index (χ4n) is 2.16. The Bertz CT molecular complexity index is 653. The van der Waals surface area contributed by atoms with Gasteiger partial charge >= 0.3 is 0 Å². The standard InChI is InChI=1S/C15H23N5O/c1-8(2)9(3)16-15(21)13-7-12(17-18-13)14-10(4)19-20(6)11(14)5/h7-9H,1-6H3,(H,16,21)(H,17,18). The number of hydrogen-bond donors (Lipinski definition) is 2. The second-order valence-corrected chi connectivity index (χ2v) is 5.84. The van der Waals surface area contributed by atoms with Gasteiger partial charge in [-0.05, 0) is 32.8 Å². The van der Waals surface area contributed by atoms with Crippen LogP contribution in [0.1, 0.15) is 42.6 Å². The molecule has 0 fully saturated rings. The average molecular weight is 289 g/mol. The summed E-state index contributed by atoms with van der Waals surface area (Å²) in [6.45, 7) is 10.1. The lowest BCUT2D eigenvalue weighted by Gasteiger charge is -2.16. The van der Waals surface area contributed by atoms with Crippen LogP contribution in [0.3, 0.4) is 0 Å². The van der Waals surface area contributed by atoms with Gasteiger partial charge in [-0.1, -0.05) is 13.8 Å². The molecule has 6 heteroatoms. The van der Waals surface area contributed by atoms with E-state index in [2.05, 4.69) is 34.5 Å². The highest BCUT2D eigenvalue weighted by Gasteiger charge is 2.18. The number of amides is 1. The molecule has 0 aliphatic rings. The van der Waals surface area contributed by atoms with Gasteiger partial charge in [-0.15, -0.1) is 0 Å². The highest BCUT2D eigenvalue weighted by molar-refractivity contribution is 5.93. The van der Waals surface area contributed by atoms with E-state index in [9.17, 15) is 4.79 Å². The third kappa shape index (κ3) is 2.99. The molecule has 0 bridgehead atoms. The number of rotatable bonds is 4. The van der Waals surface area contributed by atoms with Gasteiger partial charge in [0, 0.05) is 24.3 Å². The van der Waals surface area contributed by atoms with Crippen LogP contribution < -0.4 is 5.32 Å². The summed E-state index contributed by atoms with van der Waals surface area (Å²) in [5.74, 6) is 0.258. The number of nitrogens with one attached hydrogen (secondary N) is 2. The lowest BCUT2D eigenvalue weighted by molar-refractivity contribution is 0.0925. The first-order chi connectivity index (χ1) is 9.81. The number of aryl methyl sites for hydroxylation is 2. The van der Waals surface area contributed by atoms with Gasteiger partial charge in [0.15, 0.2) is 0 Å². The van der Waals surface area contributed by atoms with Crippen LogP contribution in [-0.4, -0.2) is 31.9 Å². The van der Waals surface area contributed by atoms with E-state index in [4.69, 9.17) is 0 Å². The summed E-state index contributed by atoms with van der Waals surface area (Å²) >= 11 is 0. The van der Waals surface area contributed by atoms with E-state index >= 15 is 0 Å². The highest BCUT2D eigenvalue weighted by atomic mass is 16.2. The van der Waals surface area contributed by atoms with Crippen LogP contribution in [0.5, 0.6) is 0 Å². The Hall–Kier alpha value is -2.11. The van der Waals surface area contributed by atoms with Gasteiger partial charge in [0.25, 0.3) is 5.91 Å². The third-order valence-corrected chi connectivity index (χ3v) is 3.95. The molecule has 0 saturated carbocycles. The zero-order valence-electron chi connectivity index (χ0n) is 13.5. The number of H-pyrrole nitrogens is 1. The first-order valence-electron chi connectivity index (χ1n) is 7.18. The minimum absolute atomic E-state index is 0.117. The minimum Gasteiger partial charge on any atom is -0.348 e. The molecule has 2 heterocycles. The number of hydrogen-bond acceptors (Lipinski definition) is 3. The largest absolute Gasteiger partial charge is 0.348 e.